The second-order valence-corrected chi connectivity index (χ2v) is 3.87. The second-order valence-electron chi connectivity index (χ2n) is 3.87. The Morgan fingerprint density at radius 1 is 1.06 bits per heavy atom. The van der Waals surface area contributed by atoms with Gasteiger partial charge in [-0.1, -0.05) is 36.4 Å². The molecule has 0 bridgehead atoms. The average Bonchev–Trinajstić information content (AvgIpc) is 2.90. The number of hydrogen-bond donors (Lipinski definition) is 1. The minimum absolute atomic E-state index is 0.0705. The van der Waals surface area contributed by atoms with E-state index in [2.05, 4.69) is 16.5 Å². The van der Waals surface area contributed by atoms with Gasteiger partial charge in [-0.2, -0.15) is 0 Å². The van der Waals surface area contributed by atoms with E-state index in [1.165, 1.54) is 0 Å². The molecule has 3 rings (SSSR count). The normalized spacial score (nSPS) is 18.6. The summed E-state index contributed by atoms with van der Waals surface area (Å²) in [5, 5.41) is 0. The molecule has 1 unspecified atom stereocenters. The van der Waals surface area contributed by atoms with Gasteiger partial charge in [-0.05, 0) is 17.7 Å². The lowest BCUT2D eigenvalue weighted by Crippen LogP contribution is -2.07. The molecule has 1 aromatic heterocycles. The van der Waals surface area contributed by atoms with Crippen molar-refractivity contribution in [3.05, 3.63) is 72.1 Å². The van der Waals surface area contributed by atoms with E-state index in [4.69, 9.17) is 4.84 Å². The summed E-state index contributed by atoms with van der Waals surface area (Å²) >= 11 is 0. The molecule has 1 atom stereocenters. The lowest BCUT2D eigenvalue weighted by atomic mass is 10.1. The van der Waals surface area contributed by atoms with Crippen LogP contribution >= 0.6 is 0 Å². The van der Waals surface area contributed by atoms with Gasteiger partial charge >= 0.3 is 0 Å². The lowest BCUT2D eigenvalue weighted by molar-refractivity contribution is 0.0509. The van der Waals surface area contributed by atoms with Crippen molar-refractivity contribution in [1.29, 1.82) is 0 Å². The number of hydroxylamine groups is 1. The van der Waals surface area contributed by atoms with E-state index in [0.717, 1.165) is 16.8 Å². The highest BCUT2D eigenvalue weighted by Gasteiger charge is 2.18. The fraction of sp³-hybridized carbons (Fsp3) is 0.0714. The van der Waals surface area contributed by atoms with Gasteiger partial charge in [0.05, 0.1) is 5.70 Å². The third-order valence-electron chi connectivity index (χ3n) is 2.71. The van der Waals surface area contributed by atoms with Crippen LogP contribution in [0.25, 0.3) is 5.70 Å². The predicted molar refractivity (Wildman–Crippen MR) is 65.6 cm³/mol. The molecule has 84 valence electrons. The van der Waals surface area contributed by atoms with Crippen LogP contribution in [0.3, 0.4) is 0 Å². The van der Waals surface area contributed by atoms with E-state index >= 15 is 0 Å². The standard InChI is InChI=1S/C14H12N2O/c1-2-5-11(6-3-1)13-9-14(17-16-13)12-7-4-8-15-10-12/h1-10,14,16H. The zero-order valence-corrected chi connectivity index (χ0v) is 9.21. The van der Waals surface area contributed by atoms with Crippen molar-refractivity contribution in [3.8, 4) is 0 Å². The summed E-state index contributed by atoms with van der Waals surface area (Å²) in [7, 11) is 0. The molecule has 0 saturated carbocycles. The predicted octanol–water partition coefficient (Wildman–Crippen LogP) is 2.70. The first kappa shape index (κ1) is 10.1. The van der Waals surface area contributed by atoms with Crippen molar-refractivity contribution >= 4 is 5.70 Å². The minimum Gasteiger partial charge on any atom is -0.266 e. The molecule has 0 radical (unpaired) electrons. The maximum Gasteiger partial charge on any atom is 0.132 e. The molecular formula is C14H12N2O. The molecular weight excluding hydrogens is 212 g/mol. The number of aromatic nitrogens is 1. The Kier molecular flexibility index (Phi) is 2.60. The van der Waals surface area contributed by atoms with Gasteiger partial charge in [-0.3, -0.25) is 15.3 Å². The number of pyridine rings is 1. The Labute approximate surface area is 99.7 Å². The lowest BCUT2D eigenvalue weighted by Gasteiger charge is -2.06. The Morgan fingerprint density at radius 2 is 1.94 bits per heavy atom. The van der Waals surface area contributed by atoms with Gasteiger partial charge in [0.2, 0.25) is 0 Å². The molecule has 17 heavy (non-hydrogen) atoms. The largest absolute Gasteiger partial charge is 0.266 e. The van der Waals surface area contributed by atoms with Crippen molar-refractivity contribution < 1.29 is 4.84 Å². The van der Waals surface area contributed by atoms with Crippen LogP contribution in [-0.4, -0.2) is 4.98 Å². The van der Waals surface area contributed by atoms with Crippen molar-refractivity contribution in [2.45, 2.75) is 6.10 Å². The molecule has 2 heterocycles. The second kappa shape index (κ2) is 4.39. The molecule has 0 spiro atoms. The summed E-state index contributed by atoms with van der Waals surface area (Å²) in [4.78, 5) is 9.61. The molecule has 1 aromatic carbocycles. The van der Waals surface area contributed by atoms with Gasteiger partial charge in [-0.15, -0.1) is 0 Å². The number of benzene rings is 1. The first-order chi connectivity index (χ1) is 8.43. The number of nitrogens with zero attached hydrogens (tertiary/aromatic N) is 1. The van der Waals surface area contributed by atoms with Gasteiger partial charge in [0.1, 0.15) is 6.10 Å². The van der Waals surface area contributed by atoms with Crippen LogP contribution < -0.4 is 5.48 Å². The van der Waals surface area contributed by atoms with Crippen LogP contribution in [0.1, 0.15) is 17.2 Å². The number of rotatable bonds is 2. The molecule has 1 N–H and O–H groups in total. The van der Waals surface area contributed by atoms with E-state index in [1.54, 1.807) is 6.20 Å². The van der Waals surface area contributed by atoms with Crippen LogP contribution in [0.5, 0.6) is 0 Å². The molecule has 3 heteroatoms. The highest BCUT2D eigenvalue weighted by Crippen LogP contribution is 2.27. The summed E-state index contributed by atoms with van der Waals surface area (Å²) in [6.07, 6.45) is 5.57. The number of hydrogen-bond acceptors (Lipinski definition) is 3. The Hall–Kier alpha value is -2.13. The zero-order valence-electron chi connectivity index (χ0n) is 9.21. The molecule has 0 fully saturated rings. The van der Waals surface area contributed by atoms with Crippen molar-refractivity contribution in [2.24, 2.45) is 0 Å². The van der Waals surface area contributed by atoms with Gasteiger partial charge < -0.3 is 0 Å². The van der Waals surface area contributed by atoms with Crippen LogP contribution in [-0.2, 0) is 4.84 Å². The molecule has 0 saturated heterocycles. The summed E-state index contributed by atoms with van der Waals surface area (Å²) in [6, 6.07) is 14.0. The van der Waals surface area contributed by atoms with E-state index < -0.39 is 0 Å². The first-order valence-electron chi connectivity index (χ1n) is 5.52. The minimum atomic E-state index is -0.0705. The number of nitrogens with one attached hydrogen (secondary N) is 1. The molecule has 3 nitrogen and oxygen atoms in total. The van der Waals surface area contributed by atoms with Crippen molar-refractivity contribution in [3.63, 3.8) is 0 Å². The third kappa shape index (κ3) is 2.05. The maximum atomic E-state index is 5.52. The molecule has 2 aromatic rings. The molecule has 1 aliphatic heterocycles. The fourth-order valence-electron chi connectivity index (χ4n) is 1.83. The average molecular weight is 224 g/mol. The summed E-state index contributed by atoms with van der Waals surface area (Å²) in [5.74, 6) is 0. The first-order valence-corrected chi connectivity index (χ1v) is 5.52. The smallest absolute Gasteiger partial charge is 0.132 e. The highest BCUT2D eigenvalue weighted by molar-refractivity contribution is 5.65. The van der Waals surface area contributed by atoms with E-state index in [-0.39, 0.29) is 6.10 Å². The topological polar surface area (TPSA) is 34.1 Å². The fourth-order valence-corrected chi connectivity index (χ4v) is 1.83. The maximum absolute atomic E-state index is 5.52. The third-order valence-corrected chi connectivity index (χ3v) is 2.71. The van der Waals surface area contributed by atoms with Gasteiger partial charge in [0.25, 0.3) is 0 Å². The van der Waals surface area contributed by atoms with Gasteiger partial charge in [0, 0.05) is 18.0 Å². The van der Waals surface area contributed by atoms with Crippen molar-refractivity contribution in [1.82, 2.24) is 10.5 Å². The summed E-state index contributed by atoms with van der Waals surface area (Å²) in [5.41, 5.74) is 6.13. The Bertz CT molecular complexity index is 522. The summed E-state index contributed by atoms with van der Waals surface area (Å²) in [6.45, 7) is 0. The SMILES string of the molecule is C1=C(c2ccccc2)NOC1c1cccnc1. The van der Waals surface area contributed by atoms with Crippen LogP contribution in [0.15, 0.2) is 60.9 Å². The van der Waals surface area contributed by atoms with Crippen LogP contribution in [0.2, 0.25) is 0 Å². The van der Waals surface area contributed by atoms with E-state index in [1.807, 2.05) is 48.7 Å². The Morgan fingerprint density at radius 3 is 2.71 bits per heavy atom. The Balaban J connectivity index is 1.87. The van der Waals surface area contributed by atoms with Crippen molar-refractivity contribution in [2.75, 3.05) is 0 Å². The summed E-state index contributed by atoms with van der Waals surface area (Å²) < 4.78 is 0. The zero-order chi connectivity index (χ0) is 11.5. The highest BCUT2D eigenvalue weighted by atomic mass is 16.7. The van der Waals surface area contributed by atoms with E-state index in [0.29, 0.717) is 0 Å². The van der Waals surface area contributed by atoms with Gasteiger partial charge in [-0.25, -0.2) is 0 Å². The molecule has 0 aliphatic carbocycles. The quantitative estimate of drug-likeness (QED) is 0.851. The molecule has 1 aliphatic rings. The monoisotopic (exact) mass is 224 g/mol. The van der Waals surface area contributed by atoms with Gasteiger partial charge in [0.15, 0.2) is 0 Å². The van der Waals surface area contributed by atoms with Crippen LogP contribution in [0.4, 0.5) is 0 Å². The molecule has 0 amide bonds. The van der Waals surface area contributed by atoms with E-state index in [9.17, 15) is 0 Å². The van der Waals surface area contributed by atoms with Crippen LogP contribution in [0, 0.1) is 0 Å².